The molecular formula is C28H26N4O3. The van der Waals surface area contributed by atoms with Gasteiger partial charge in [-0.1, -0.05) is 60.7 Å². The van der Waals surface area contributed by atoms with E-state index in [4.69, 9.17) is 4.98 Å². The number of hydrogen-bond acceptors (Lipinski definition) is 4. The van der Waals surface area contributed by atoms with Crippen LogP contribution in [0.4, 0.5) is 5.69 Å². The van der Waals surface area contributed by atoms with E-state index in [0.717, 1.165) is 12.8 Å². The molecule has 2 N–H and O–H groups in total. The number of para-hydroxylation sites is 2. The van der Waals surface area contributed by atoms with Gasteiger partial charge in [0.2, 0.25) is 5.91 Å². The van der Waals surface area contributed by atoms with Crippen molar-refractivity contribution in [2.45, 2.75) is 37.8 Å². The van der Waals surface area contributed by atoms with E-state index in [2.05, 4.69) is 10.6 Å². The van der Waals surface area contributed by atoms with Crippen molar-refractivity contribution in [2.75, 3.05) is 5.32 Å². The number of rotatable bonds is 8. The standard InChI is InChI=1S/C28H26N4O3/c33-25(18-17-24-30-23-14-8-7-13-22(23)28(35)32(24)21-15-16-21)31-26(19-9-3-1-4-10-19)27(34)29-20-11-5-2-6-12-20/h1-14,21,26H,15-18H2,(H,29,34)(H,31,33). The van der Waals surface area contributed by atoms with E-state index in [9.17, 15) is 14.4 Å². The Morgan fingerprint density at radius 3 is 2.29 bits per heavy atom. The summed E-state index contributed by atoms with van der Waals surface area (Å²) in [5.41, 5.74) is 1.92. The molecular weight excluding hydrogens is 440 g/mol. The molecule has 2 amide bonds. The maximum absolute atomic E-state index is 13.1. The molecule has 0 aliphatic heterocycles. The second-order valence-corrected chi connectivity index (χ2v) is 8.72. The predicted molar refractivity (Wildman–Crippen MR) is 135 cm³/mol. The molecule has 1 unspecified atom stereocenters. The zero-order valence-corrected chi connectivity index (χ0v) is 19.2. The summed E-state index contributed by atoms with van der Waals surface area (Å²) in [7, 11) is 0. The van der Waals surface area contributed by atoms with Gasteiger partial charge in [-0.15, -0.1) is 0 Å². The summed E-state index contributed by atoms with van der Waals surface area (Å²) in [6, 6.07) is 24.9. The summed E-state index contributed by atoms with van der Waals surface area (Å²) in [4.78, 5) is 43.8. The Kier molecular flexibility index (Phi) is 6.39. The Morgan fingerprint density at radius 1 is 0.914 bits per heavy atom. The zero-order valence-electron chi connectivity index (χ0n) is 19.2. The number of nitrogens with zero attached hydrogens (tertiary/aromatic N) is 2. The maximum atomic E-state index is 13.1. The summed E-state index contributed by atoms with van der Waals surface area (Å²) in [6.07, 6.45) is 2.30. The summed E-state index contributed by atoms with van der Waals surface area (Å²) in [5, 5.41) is 6.33. The fourth-order valence-electron chi connectivity index (χ4n) is 4.22. The minimum atomic E-state index is -0.848. The molecule has 1 heterocycles. The molecule has 0 bridgehead atoms. The molecule has 0 saturated heterocycles. The molecule has 7 heteroatoms. The number of fused-ring (bicyclic) bond motifs is 1. The molecule has 1 aliphatic carbocycles. The normalized spacial score (nSPS) is 13.8. The van der Waals surface area contributed by atoms with Crippen LogP contribution in [0.5, 0.6) is 0 Å². The molecule has 1 aliphatic rings. The number of aromatic nitrogens is 2. The lowest BCUT2D eigenvalue weighted by atomic mass is 10.1. The monoisotopic (exact) mass is 466 g/mol. The number of hydrogen-bond donors (Lipinski definition) is 2. The lowest BCUT2D eigenvalue weighted by molar-refractivity contribution is -0.126. The third-order valence-electron chi connectivity index (χ3n) is 6.11. The number of nitrogens with one attached hydrogen (secondary N) is 2. The Balaban J connectivity index is 1.34. The number of amides is 2. The van der Waals surface area contributed by atoms with Crippen molar-refractivity contribution in [3.63, 3.8) is 0 Å². The van der Waals surface area contributed by atoms with Gasteiger partial charge in [0, 0.05) is 24.6 Å². The minimum absolute atomic E-state index is 0.0575. The van der Waals surface area contributed by atoms with Crippen LogP contribution in [0.25, 0.3) is 10.9 Å². The van der Waals surface area contributed by atoms with Crippen LogP contribution in [-0.2, 0) is 16.0 Å². The summed E-state index contributed by atoms with van der Waals surface area (Å²) in [5.74, 6) is -0.00219. The largest absolute Gasteiger partial charge is 0.341 e. The Morgan fingerprint density at radius 2 is 1.57 bits per heavy atom. The molecule has 35 heavy (non-hydrogen) atoms. The van der Waals surface area contributed by atoms with E-state index in [1.165, 1.54) is 0 Å². The molecule has 0 radical (unpaired) electrons. The van der Waals surface area contributed by atoms with Gasteiger partial charge in [-0.25, -0.2) is 4.98 Å². The SMILES string of the molecule is O=C(CCc1nc2ccccc2c(=O)n1C1CC1)NC(C(=O)Nc1ccccc1)c1ccccc1. The van der Waals surface area contributed by atoms with Crippen molar-refractivity contribution in [1.29, 1.82) is 0 Å². The molecule has 0 spiro atoms. The summed E-state index contributed by atoms with van der Waals surface area (Å²) in [6.45, 7) is 0. The first-order valence-electron chi connectivity index (χ1n) is 11.8. The molecule has 176 valence electrons. The van der Waals surface area contributed by atoms with Crippen molar-refractivity contribution in [3.8, 4) is 0 Å². The van der Waals surface area contributed by atoms with Crippen molar-refractivity contribution in [2.24, 2.45) is 0 Å². The minimum Gasteiger partial charge on any atom is -0.341 e. The third kappa shape index (κ3) is 5.14. The van der Waals surface area contributed by atoms with Crippen molar-refractivity contribution >= 4 is 28.4 Å². The highest BCUT2D eigenvalue weighted by atomic mass is 16.2. The van der Waals surface area contributed by atoms with E-state index in [1.807, 2.05) is 66.7 Å². The van der Waals surface area contributed by atoms with Crippen LogP contribution in [0.3, 0.4) is 0 Å². The average Bonchev–Trinajstić information content (AvgIpc) is 3.72. The summed E-state index contributed by atoms with van der Waals surface area (Å²) >= 11 is 0. The van der Waals surface area contributed by atoms with Gasteiger partial charge in [0.25, 0.3) is 11.5 Å². The smallest absolute Gasteiger partial charge is 0.261 e. The second-order valence-electron chi connectivity index (χ2n) is 8.72. The molecule has 1 atom stereocenters. The fourth-order valence-corrected chi connectivity index (χ4v) is 4.22. The predicted octanol–water partition coefficient (Wildman–Crippen LogP) is 4.16. The molecule has 7 nitrogen and oxygen atoms in total. The van der Waals surface area contributed by atoms with Crippen molar-refractivity contribution < 1.29 is 9.59 Å². The quantitative estimate of drug-likeness (QED) is 0.408. The molecule has 5 rings (SSSR count). The van der Waals surface area contributed by atoms with Crippen LogP contribution >= 0.6 is 0 Å². The number of anilines is 1. The van der Waals surface area contributed by atoms with Crippen molar-refractivity contribution in [1.82, 2.24) is 14.9 Å². The van der Waals surface area contributed by atoms with Gasteiger partial charge in [0.1, 0.15) is 11.9 Å². The van der Waals surface area contributed by atoms with E-state index < -0.39 is 6.04 Å². The van der Waals surface area contributed by atoms with Crippen LogP contribution in [-0.4, -0.2) is 21.4 Å². The van der Waals surface area contributed by atoms with Gasteiger partial charge in [0.15, 0.2) is 0 Å². The lowest BCUT2D eigenvalue weighted by Gasteiger charge is -2.19. The van der Waals surface area contributed by atoms with E-state index in [-0.39, 0.29) is 29.8 Å². The van der Waals surface area contributed by atoms with Crippen LogP contribution in [0, 0.1) is 0 Å². The van der Waals surface area contributed by atoms with E-state index in [0.29, 0.717) is 34.4 Å². The van der Waals surface area contributed by atoms with Crippen LogP contribution in [0.15, 0.2) is 89.7 Å². The van der Waals surface area contributed by atoms with Crippen LogP contribution in [0.1, 0.15) is 42.7 Å². The third-order valence-corrected chi connectivity index (χ3v) is 6.11. The van der Waals surface area contributed by atoms with E-state index >= 15 is 0 Å². The highest BCUT2D eigenvalue weighted by molar-refractivity contribution is 5.97. The van der Waals surface area contributed by atoms with Gasteiger partial charge in [-0.3, -0.25) is 19.0 Å². The Hall–Kier alpha value is -4.26. The van der Waals surface area contributed by atoms with Gasteiger partial charge in [-0.05, 0) is 42.7 Å². The van der Waals surface area contributed by atoms with Crippen LogP contribution < -0.4 is 16.2 Å². The molecule has 1 aromatic heterocycles. The highest BCUT2D eigenvalue weighted by Crippen LogP contribution is 2.35. The average molecular weight is 467 g/mol. The first-order valence-corrected chi connectivity index (χ1v) is 11.8. The maximum Gasteiger partial charge on any atom is 0.261 e. The Bertz CT molecular complexity index is 1410. The Labute approximate surface area is 202 Å². The molecule has 1 saturated carbocycles. The highest BCUT2D eigenvalue weighted by Gasteiger charge is 2.29. The first kappa shape index (κ1) is 22.5. The van der Waals surface area contributed by atoms with Gasteiger partial charge in [0.05, 0.1) is 10.9 Å². The first-order chi connectivity index (χ1) is 17.1. The fraction of sp³-hybridized carbons (Fsp3) is 0.214. The number of aryl methyl sites for hydroxylation is 1. The number of carbonyl (C=O) groups is 2. The second kappa shape index (κ2) is 9.93. The topological polar surface area (TPSA) is 93.1 Å². The zero-order chi connectivity index (χ0) is 24.2. The van der Waals surface area contributed by atoms with Crippen molar-refractivity contribution in [3.05, 3.63) is 107 Å². The molecule has 3 aromatic carbocycles. The van der Waals surface area contributed by atoms with Gasteiger partial charge < -0.3 is 10.6 Å². The summed E-state index contributed by atoms with van der Waals surface area (Å²) < 4.78 is 1.74. The van der Waals surface area contributed by atoms with Gasteiger partial charge in [-0.2, -0.15) is 0 Å². The number of benzene rings is 3. The van der Waals surface area contributed by atoms with Crippen LogP contribution in [0.2, 0.25) is 0 Å². The lowest BCUT2D eigenvalue weighted by Crippen LogP contribution is -2.37. The van der Waals surface area contributed by atoms with E-state index in [1.54, 1.807) is 22.8 Å². The molecule has 4 aromatic rings. The van der Waals surface area contributed by atoms with Gasteiger partial charge >= 0.3 is 0 Å². The number of carbonyl (C=O) groups excluding carboxylic acids is 2. The molecule has 1 fully saturated rings.